The lowest BCUT2D eigenvalue weighted by atomic mass is 9.91. The Bertz CT molecular complexity index is 654. The second kappa shape index (κ2) is 6.10. The fraction of sp³-hybridized carbons (Fsp3) is 0.375. The molecule has 21 heavy (non-hydrogen) atoms. The van der Waals surface area contributed by atoms with E-state index in [0.29, 0.717) is 18.2 Å². The van der Waals surface area contributed by atoms with E-state index in [9.17, 15) is 9.90 Å². The molecule has 110 valence electrons. The Kier molecular flexibility index (Phi) is 4.01. The second-order valence-corrected chi connectivity index (χ2v) is 5.45. The van der Waals surface area contributed by atoms with Crippen LogP contribution in [0.2, 0.25) is 0 Å². The molecule has 5 nitrogen and oxygen atoms in total. The summed E-state index contributed by atoms with van der Waals surface area (Å²) < 4.78 is 5.28. The average Bonchev–Trinajstić information content (AvgIpc) is 2.52. The maximum Gasteiger partial charge on any atom is 0.226 e. The minimum atomic E-state index is -0.390. The van der Waals surface area contributed by atoms with Gasteiger partial charge in [-0.05, 0) is 43.0 Å². The Balaban J connectivity index is 1.69. The second-order valence-electron chi connectivity index (χ2n) is 5.45. The third-order valence-corrected chi connectivity index (χ3v) is 3.93. The Morgan fingerprint density at radius 1 is 1.38 bits per heavy atom. The fourth-order valence-electron chi connectivity index (χ4n) is 2.85. The number of likely N-dealkylation sites (tertiary alicyclic amines) is 1. The monoisotopic (exact) mass is 286 g/mol. The molecule has 1 N–H and O–H groups in total. The summed E-state index contributed by atoms with van der Waals surface area (Å²) in [6.07, 6.45) is 7.05. The maximum atomic E-state index is 11.4. The highest BCUT2D eigenvalue weighted by Crippen LogP contribution is 2.27. The number of piperidine rings is 1. The number of aromatic nitrogens is 1. The van der Waals surface area contributed by atoms with Crippen molar-refractivity contribution < 1.29 is 9.52 Å². The first-order chi connectivity index (χ1) is 10.2. The van der Waals surface area contributed by atoms with Gasteiger partial charge in [-0.3, -0.25) is 14.7 Å². The third-order valence-electron chi connectivity index (χ3n) is 3.93. The Hall–Kier alpha value is -2.14. The van der Waals surface area contributed by atoms with Crippen molar-refractivity contribution in [2.75, 3.05) is 13.1 Å². The molecule has 1 saturated heterocycles. The van der Waals surface area contributed by atoms with Gasteiger partial charge in [-0.25, -0.2) is 0 Å². The highest BCUT2D eigenvalue weighted by atomic mass is 16.4. The van der Waals surface area contributed by atoms with Crippen molar-refractivity contribution in [1.82, 2.24) is 9.88 Å². The SMILES string of the molecule is O=c1cc(CN2CCCC(c3ccncc3)C2)occ1O. The lowest BCUT2D eigenvalue weighted by molar-refractivity contribution is 0.184. The quantitative estimate of drug-likeness (QED) is 0.936. The van der Waals surface area contributed by atoms with E-state index < -0.39 is 0 Å². The van der Waals surface area contributed by atoms with Crippen LogP contribution < -0.4 is 5.43 Å². The van der Waals surface area contributed by atoms with Crippen molar-refractivity contribution in [1.29, 1.82) is 0 Å². The third kappa shape index (κ3) is 3.31. The summed E-state index contributed by atoms with van der Waals surface area (Å²) in [6.45, 7) is 2.53. The lowest BCUT2D eigenvalue weighted by Crippen LogP contribution is -2.34. The van der Waals surface area contributed by atoms with Crippen LogP contribution >= 0.6 is 0 Å². The lowest BCUT2D eigenvalue weighted by Gasteiger charge is -2.32. The van der Waals surface area contributed by atoms with Gasteiger partial charge in [-0.1, -0.05) is 0 Å². The van der Waals surface area contributed by atoms with Gasteiger partial charge >= 0.3 is 0 Å². The van der Waals surface area contributed by atoms with Crippen LogP contribution in [0.25, 0.3) is 0 Å². The molecule has 0 spiro atoms. The van der Waals surface area contributed by atoms with Crippen LogP contribution in [-0.4, -0.2) is 28.1 Å². The zero-order chi connectivity index (χ0) is 14.7. The van der Waals surface area contributed by atoms with Gasteiger partial charge in [0, 0.05) is 25.0 Å². The number of nitrogens with zero attached hydrogens (tertiary/aromatic N) is 2. The van der Waals surface area contributed by atoms with Crippen LogP contribution in [0.5, 0.6) is 5.75 Å². The summed E-state index contributed by atoms with van der Waals surface area (Å²) in [5, 5.41) is 9.21. The smallest absolute Gasteiger partial charge is 0.226 e. The summed E-state index contributed by atoms with van der Waals surface area (Å²) in [5.74, 6) is 0.742. The predicted molar refractivity (Wildman–Crippen MR) is 78.1 cm³/mol. The summed E-state index contributed by atoms with van der Waals surface area (Å²) in [5.41, 5.74) is 0.917. The highest BCUT2D eigenvalue weighted by molar-refractivity contribution is 5.18. The van der Waals surface area contributed by atoms with Crippen molar-refractivity contribution in [3.63, 3.8) is 0 Å². The molecule has 0 radical (unpaired) electrons. The van der Waals surface area contributed by atoms with Crippen LogP contribution in [0, 0.1) is 0 Å². The van der Waals surface area contributed by atoms with E-state index in [1.165, 1.54) is 18.1 Å². The first-order valence-corrected chi connectivity index (χ1v) is 7.15. The van der Waals surface area contributed by atoms with Gasteiger partial charge in [0.15, 0.2) is 5.75 Å². The molecule has 0 aromatic carbocycles. The van der Waals surface area contributed by atoms with E-state index in [1.54, 1.807) is 0 Å². The van der Waals surface area contributed by atoms with Gasteiger partial charge in [0.2, 0.25) is 5.43 Å². The van der Waals surface area contributed by atoms with Gasteiger partial charge in [0.05, 0.1) is 6.54 Å². The molecule has 1 aliphatic heterocycles. The van der Waals surface area contributed by atoms with Crippen LogP contribution in [0.1, 0.15) is 30.1 Å². The van der Waals surface area contributed by atoms with Gasteiger partial charge in [0.25, 0.3) is 0 Å². The largest absolute Gasteiger partial charge is 0.502 e. The van der Waals surface area contributed by atoms with E-state index in [1.807, 2.05) is 12.4 Å². The number of rotatable bonds is 3. The van der Waals surface area contributed by atoms with E-state index in [2.05, 4.69) is 22.0 Å². The Labute approximate surface area is 122 Å². The number of pyridine rings is 1. The molecule has 0 saturated carbocycles. The van der Waals surface area contributed by atoms with E-state index in [4.69, 9.17) is 4.42 Å². The van der Waals surface area contributed by atoms with Gasteiger partial charge in [-0.15, -0.1) is 0 Å². The average molecular weight is 286 g/mol. The van der Waals surface area contributed by atoms with Crippen molar-refractivity contribution in [2.24, 2.45) is 0 Å². The zero-order valence-electron chi connectivity index (χ0n) is 11.7. The summed E-state index contributed by atoms with van der Waals surface area (Å²) in [6, 6.07) is 5.50. The van der Waals surface area contributed by atoms with Gasteiger partial charge in [-0.2, -0.15) is 0 Å². The molecule has 3 heterocycles. The fourth-order valence-corrected chi connectivity index (χ4v) is 2.85. The summed E-state index contributed by atoms with van der Waals surface area (Å²) in [4.78, 5) is 17.8. The van der Waals surface area contributed by atoms with Gasteiger partial charge in [0.1, 0.15) is 12.0 Å². The van der Waals surface area contributed by atoms with E-state index in [-0.39, 0.29) is 11.2 Å². The van der Waals surface area contributed by atoms with Crippen molar-refractivity contribution in [3.8, 4) is 5.75 Å². The summed E-state index contributed by atoms with van der Waals surface area (Å²) in [7, 11) is 0. The molecule has 3 rings (SSSR count). The Morgan fingerprint density at radius 2 is 2.19 bits per heavy atom. The molecule has 2 aromatic rings. The van der Waals surface area contributed by atoms with Gasteiger partial charge < -0.3 is 9.52 Å². The van der Waals surface area contributed by atoms with Crippen molar-refractivity contribution in [3.05, 3.63) is 58.4 Å². The zero-order valence-corrected chi connectivity index (χ0v) is 11.7. The molecular formula is C16H18N2O3. The summed E-state index contributed by atoms with van der Waals surface area (Å²) >= 11 is 0. The molecule has 1 atom stereocenters. The molecule has 5 heteroatoms. The first-order valence-electron chi connectivity index (χ1n) is 7.15. The molecule has 1 aliphatic rings. The highest BCUT2D eigenvalue weighted by Gasteiger charge is 2.22. The number of hydrogen-bond donors (Lipinski definition) is 1. The molecule has 2 aromatic heterocycles. The van der Waals surface area contributed by atoms with Crippen molar-refractivity contribution >= 4 is 0 Å². The standard InChI is InChI=1S/C16H18N2O3/c19-15-8-14(21-11-16(15)20)10-18-7-1-2-13(9-18)12-3-5-17-6-4-12/h3-6,8,11,13,20H,1-2,7,9-10H2. The van der Waals surface area contributed by atoms with Crippen LogP contribution in [0.4, 0.5) is 0 Å². The predicted octanol–water partition coefficient (Wildman–Crippen LogP) is 2.12. The van der Waals surface area contributed by atoms with Crippen LogP contribution in [-0.2, 0) is 6.54 Å². The van der Waals surface area contributed by atoms with Crippen LogP contribution in [0.3, 0.4) is 0 Å². The normalized spacial score (nSPS) is 19.5. The van der Waals surface area contributed by atoms with E-state index >= 15 is 0 Å². The van der Waals surface area contributed by atoms with Crippen molar-refractivity contribution in [2.45, 2.75) is 25.3 Å². The first kappa shape index (κ1) is 13.8. The molecule has 1 unspecified atom stereocenters. The molecule has 0 aliphatic carbocycles. The maximum absolute atomic E-state index is 11.4. The molecule has 1 fully saturated rings. The van der Waals surface area contributed by atoms with E-state index in [0.717, 1.165) is 25.8 Å². The minimum absolute atomic E-state index is 0.341. The molecule has 0 amide bonds. The molecular weight excluding hydrogens is 268 g/mol. The minimum Gasteiger partial charge on any atom is -0.502 e. The molecule has 0 bridgehead atoms. The topological polar surface area (TPSA) is 66.6 Å². The number of aromatic hydroxyl groups is 1. The Morgan fingerprint density at radius 3 is 2.95 bits per heavy atom. The number of hydrogen-bond acceptors (Lipinski definition) is 5. The van der Waals surface area contributed by atoms with Crippen LogP contribution in [0.15, 0.2) is 46.1 Å².